The first kappa shape index (κ1) is 16.7. The van der Waals surface area contributed by atoms with Crippen LogP contribution in [0.2, 0.25) is 0 Å². The summed E-state index contributed by atoms with van der Waals surface area (Å²) < 4.78 is 24.1. The van der Waals surface area contributed by atoms with Gasteiger partial charge in [0.1, 0.15) is 0 Å². The number of benzene rings is 2. The molecule has 0 N–H and O–H groups in total. The third kappa shape index (κ3) is 3.33. The lowest BCUT2D eigenvalue weighted by Crippen LogP contribution is -2.39. The Morgan fingerprint density at radius 2 is 1.80 bits per heavy atom. The van der Waals surface area contributed by atoms with Gasteiger partial charge in [-0.3, -0.25) is 4.99 Å². The lowest BCUT2D eigenvalue weighted by Gasteiger charge is -2.26. The summed E-state index contributed by atoms with van der Waals surface area (Å²) in [6.45, 7) is 2.11. The van der Waals surface area contributed by atoms with Crippen LogP contribution in [0.15, 0.2) is 59.6 Å². The van der Waals surface area contributed by atoms with Crippen molar-refractivity contribution in [3.63, 3.8) is 0 Å². The second kappa shape index (κ2) is 6.50. The number of thioether (sulfide) groups is 1. The normalized spacial score (nSPS) is 24.2. The first-order valence-electron chi connectivity index (χ1n) is 8.33. The quantitative estimate of drug-likeness (QED) is 0.830. The molecule has 4 nitrogen and oxygen atoms in total. The average molecular weight is 373 g/mol. The van der Waals surface area contributed by atoms with Gasteiger partial charge in [-0.15, -0.1) is 0 Å². The molecule has 6 heteroatoms. The van der Waals surface area contributed by atoms with E-state index in [0.717, 1.165) is 16.6 Å². The molecule has 2 aromatic carbocycles. The molecule has 0 spiro atoms. The minimum atomic E-state index is -3.00. The van der Waals surface area contributed by atoms with Gasteiger partial charge in [0.05, 0.1) is 23.6 Å². The number of aryl methyl sites for hydroxylation is 1. The van der Waals surface area contributed by atoms with Crippen LogP contribution in [0.3, 0.4) is 0 Å². The Kier molecular flexibility index (Phi) is 4.33. The molecule has 0 aliphatic carbocycles. The van der Waals surface area contributed by atoms with Crippen molar-refractivity contribution >= 4 is 32.5 Å². The topological polar surface area (TPSA) is 49.7 Å². The lowest BCUT2D eigenvalue weighted by atomic mass is 10.1. The first-order chi connectivity index (χ1) is 12.0. The number of nitrogens with zero attached hydrogens (tertiary/aromatic N) is 2. The van der Waals surface area contributed by atoms with E-state index in [1.54, 1.807) is 11.8 Å². The molecule has 1 saturated heterocycles. The highest BCUT2D eigenvalue weighted by atomic mass is 32.2. The van der Waals surface area contributed by atoms with Crippen molar-refractivity contribution in [3.05, 3.63) is 65.7 Å². The molecular formula is C19H20N2O2S2. The Balaban J connectivity index is 1.62. The van der Waals surface area contributed by atoms with Crippen LogP contribution in [-0.4, -0.2) is 37.2 Å². The van der Waals surface area contributed by atoms with E-state index in [-0.39, 0.29) is 23.6 Å². The Hall–Kier alpha value is -1.79. The molecule has 2 aliphatic heterocycles. The summed E-state index contributed by atoms with van der Waals surface area (Å²) in [6, 6.07) is 18.1. The zero-order chi connectivity index (χ0) is 17.4. The maximum Gasteiger partial charge on any atom is 0.164 e. The van der Waals surface area contributed by atoms with Gasteiger partial charge in [0.25, 0.3) is 0 Å². The van der Waals surface area contributed by atoms with Gasteiger partial charge in [-0.05, 0) is 30.2 Å². The maximum atomic E-state index is 12.0. The zero-order valence-corrected chi connectivity index (χ0v) is 15.6. The fourth-order valence-electron chi connectivity index (χ4n) is 3.44. The predicted molar refractivity (Wildman–Crippen MR) is 105 cm³/mol. The highest BCUT2D eigenvalue weighted by molar-refractivity contribution is 8.13. The summed E-state index contributed by atoms with van der Waals surface area (Å²) in [5, 5.41) is 0.930. The molecule has 130 valence electrons. The van der Waals surface area contributed by atoms with Crippen LogP contribution in [0.5, 0.6) is 0 Å². The fourth-order valence-corrected chi connectivity index (χ4v) is 6.48. The molecule has 2 aromatic rings. The van der Waals surface area contributed by atoms with Gasteiger partial charge < -0.3 is 4.90 Å². The van der Waals surface area contributed by atoms with Crippen LogP contribution in [0, 0.1) is 6.92 Å². The summed E-state index contributed by atoms with van der Waals surface area (Å²) >= 11 is 1.69. The van der Waals surface area contributed by atoms with E-state index in [1.807, 2.05) is 36.4 Å². The second-order valence-corrected chi connectivity index (χ2v) is 9.64. The van der Waals surface area contributed by atoms with E-state index < -0.39 is 9.84 Å². The Morgan fingerprint density at radius 1 is 1.08 bits per heavy atom. The highest BCUT2D eigenvalue weighted by Gasteiger charge is 2.47. The Morgan fingerprint density at radius 3 is 2.56 bits per heavy atom. The van der Waals surface area contributed by atoms with Crippen molar-refractivity contribution in [2.24, 2.45) is 4.99 Å². The van der Waals surface area contributed by atoms with Crippen molar-refractivity contribution in [2.75, 3.05) is 16.4 Å². The monoisotopic (exact) mass is 372 g/mol. The predicted octanol–water partition coefficient (Wildman–Crippen LogP) is 3.27. The van der Waals surface area contributed by atoms with E-state index in [1.165, 1.54) is 11.1 Å². The number of hydrogen-bond acceptors (Lipinski definition) is 5. The maximum absolute atomic E-state index is 12.0. The molecule has 4 rings (SSSR count). The molecule has 1 fully saturated rings. The number of aliphatic imine (C=N–C) groups is 1. The van der Waals surface area contributed by atoms with Gasteiger partial charge in [-0.25, -0.2) is 8.42 Å². The summed E-state index contributed by atoms with van der Waals surface area (Å²) in [5.74, 6) is 1.18. The van der Waals surface area contributed by atoms with Crippen LogP contribution < -0.4 is 4.90 Å². The summed E-state index contributed by atoms with van der Waals surface area (Å²) in [5.41, 5.74) is 3.57. The third-order valence-electron chi connectivity index (χ3n) is 4.76. The smallest absolute Gasteiger partial charge is 0.164 e. The van der Waals surface area contributed by atoms with Crippen molar-refractivity contribution in [1.29, 1.82) is 0 Å². The standard InChI is InChI=1S/C19H20N2O2S2/c1-14-7-5-6-8-15(14)11-24-19-20-17-12-25(22,23)13-18(17)21(19)16-9-3-2-4-10-16/h2-10,17-18H,11-13H2,1H3/t17-,18-/m0/s1. The van der Waals surface area contributed by atoms with Crippen molar-refractivity contribution in [1.82, 2.24) is 0 Å². The summed E-state index contributed by atoms with van der Waals surface area (Å²) in [7, 11) is -3.00. The summed E-state index contributed by atoms with van der Waals surface area (Å²) in [6.07, 6.45) is 0. The number of rotatable bonds is 3. The molecule has 25 heavy (non-hydrogen) atoms. The SMILES string of the molecule is Cc1ccccc1CSC1=N[C@H]2CS(=O)(=O)C[C@@H]2N1c1ccccc1. The zero-order valence-electron chi connectivity index (χ0n) is 14.0. The molecule has 0 bridgehead atoms. The van der Waals surface area contributed by atoms with Gasteiger partial charge >= 0.3 is 0 Å². The van der Waals surface area contributed by atoms with Crippen molar-refractivity contribution < 1.29 is 8.42 Å². The van der Waals surface area contributed by atoms with Gasteiger partial charge in [0.2, 0.25) is 0 Å². The van der Waals surface area contributed by atoms with Crippen LogP contribution in [0.1, 0.15) is 11.1 Å². The number of fused-ring (bicyclic) bond motifs is 1. The largest absolute Gasteiger partial charge is 0.315 e. The van der Waals surface area contributed by atoms with Crippen molar-refractivity contribution in [3.8, 4) is 0 Å². The number of amidine groups is 1. The van der Waals surface area contributed by atoms with Gasteiger partial charge in [-0.1, -0.05) is 54.2 Å². The highest BCUT2D eigenvalue weighted by Crippen LogP contribution is 2.35. The molecular weight excluding hydrogens is 352 g/mol. The van der Waals surface area contributed by atoms with E-state index in [4.69, 9.17) is 4.99 Å². The van der Waals surface area contributed by atoms with E-state index >= 15 is 0 Å². The second-order valence-electron chi connectivity index (χ2n) is 6.54. The fraction of sp³-hybridized carbons (Fsp3) is 0.316. The summed E-state index contributed by atoms with van der Waals surface area (Å²) in [4.78, 5) is 6.90. The molecule has 0 unspecified atom stereocenters. The minimum Gasteiger partial charge on any atom is -0.315 e. The molecule has 2 aliphatic rings. The number of hydrogen-bond donors (Lipinski definition) is 0. The molecule has 0 amide bonds. The lowest BCUT2D eigenvalue weighted by molar-refractivity contribution is 0.601. The Bertz CT molecular complexity index is 910. The molecule has 2 heterocycles. The van der Waals surface area contributed by atoms with E-state index in [9.17, 15) is 8.42 Å². The number of para-hydroxylation sites is 1. The van der Waals surface area contributed by atoms with Crippen LogP contribution >= 0.6 is 11.8 Å². The Labute approximate surface area is 152 Å². The average Bonchev–Trinajstić information content (AvgIpc) is 3.06. The first-order valence-corrected chi connectivity index (χ1v) is 11.1. The van der Waals surface area contributed by atoms with Gasteiger partial charge in [-0.2, -0.15) is 0 Å². The molecule has 0 radical (unpaired) electrons. The van der Waals surface area contributed by atoms with E-state index in [2.05, 4.69) is 30.0 Å². The van der Waals surface area contributed by atoms with Gasteiger partial charge in [0.15, 0.2) is 15.0 Å². The molecule has 0 saturated carbocycles. The number of anilines is 1. The molecule has 0 aromatic heterocycles. The van der Waals surface area contributed by atoms with E-state index in [0.29, 0.717) is 0 Å². The van der Waals surface area contributed by atoms with Crippen LogP contribution in [0.25, 0.3) is 0 Å². The van der Waals surface area contributed by atoms with Crippen LogP contribution in [-0.2, 0) is 15.6 Å². The number of sulfone groups is 1. The van der Waals surface area contributed by atoms with Crippen LogP contribution in [0.4, 0.5) is 5.69 Å². The minimum absolute atomic E-state index is 0.0771. The molecule has 2 atom stereocenters. The van der Waals surface area contributed by atoms with Crippen molar-refractivity contribution in [2.45, 2.75) is 24.8 Å². The third-order valence-corrected chi connectivity index (χ3v) is 7.47. The van der Waals surface area contributed by atoms with Gasteiger partial charge in [0, 0.05) is 11.4 Å².